The van der Waals surface area contributed by atoms with Crippen LogP contribution in [0.5, 0.6) is 11.5 Å². The number of aliphatic carboxylic acids is 1. The smallest absolute Gasteiger partial charge is 0.326 e. The number of aromatic hydroxyl groups is 2. The van der Waals surface area contributed by atoms with Gasteiger partial charge in [-0.05, 0) is 29.8 Å². The molecule has 1 amide bonds. The monoisotopic (exact) mass is 302 g/mol. The average Bonchev–Trinajstić information content (AvgIpc) is 2.49. The van der Waals surface area contributed by atoms with Gasteiger partial charge in [-0.3, -0.25) is 4.79 Å². The lowest BCUT2D eigenvalue weighted by Crippen LogP contribution is -2.42. The maximum absolute atomic E-state index is 12.0. The predicted octanol–water partition coefficient (Wildman–Crippen LogP) is 0.918. The minimum absolute atomic E-state index is 0.0367. The highest BCUT2D eigenvalue weighted by atomic mass is 16.4. The van der Waals surface area contributed by atoms with E-state index in [0.717, 1.165) is 0 Å². The molecule has 1 aromatic heterocycles. The summed E-state index contributed by atoms with van der Waals surface area (Å²) in [7, 11) is 0. The van der Waals surface area contributed by atoms with Crippen molar-refractivity contribution in [1.82, 2.24) is 10.3 Å². The van der Waals surface area contributed by atoms with E-state index in [-0.39, 0.29) is 23.6 Å². The summed E-state index contributed by atoms with van der Waals surface area (Å²) in [5.74, 6) is -2.24. The SMILES string of the molecule is O=C(NC(Cc1ccc(O)cc1)C(=O)O)c1ncccc1O. The normalized spacial score (nSPS) is 11.6. The van der Waals surface area contributed by atoms with Crippen LogP contribution in [0.4, 0.5) is 0 Å². The first-order chi connectivity index (χ1) is 10.5. The Kier molecular flexibility index (Phi) is 4.57. The highest BCUT2D eigenvalue weighted by Crippen LogP contribution is 2.14. The van der Waals surface area contributed by atoms with Crippen LogP contribution < -0.4 is 5.32 Å². The molecule has 1 atom stereocenters. The average molecular weight is 302 g/mol. The Morgan fingerprint density at radius 1 is 1.14 bits per heavy atom. The van der Waals surface area contributed by atoms with E-state index in [1.54, 1.807) is 12.1 Å². The van der Waals surface area contributed by atoms with Gasteiger partial charge in [-0.25, -0.2) is 9.78 Å². The summed E-state index contributed by atoms with van der Waals surface area (Å²) < 4.78 is 0. The molecule has 0 spiro atoms. The summed E-state index contributed by atoms with van der Waals surface area (Å²) in [5.41, 5.74) is 0.398. The molecule has 0 aliphatic rings. The first-order valence-electron chi connectivity index (χ1n) is 6.43. The summed E-state index contributed by atoms with van der Waals surface area (Å²) in [6, 6.07) is 7.56. The Balaban J connectivity index is 2.12. The number of amides is 1. The number of rotatable bonds is 5. The van der Waals surface area contributed by atoms with Crippen LogP contribution in [-0.2, 0) is 11.2 Å². The molecule has 0 fully saturated rings. The van der Waals surface area contributed by atoms with Crippen molar-refractivity contribution in [3.8, 4) is 11.5 Å². The van der Waals surface area contributed by atoms with Crippen molar-refractivity contribution in [2.24, 2.45) is 0 Å². The van der Waals surface area contributed by atoms with Crippen molar-refractivity contribution < 1.29 is 24.9 Å². The van der Waals surface area contributed by atoms with Crippen LogP contribution in [0.25, 0.3) is 0 Å². The Morgan fingerprint density at radius 2 is 1.82 bits per heavy atom. The number of carbonyl (C=O) groups excluding carboxylic acids is 1. The number of carbonyl (C=O) groups is 2. The Hall–Kier alpha value is -3.09. The van der Waals surface area contributed by atoms with Crippen LogP contribution in [0.2, 0.25) is 0 Å². The molecule has 0 saturated carbocycles. The number of hydrogen-bond donors (Lipinski definition) is 4. The molecule has 7 nitrogen and oxygen atoms in total. The summed E-state index contributed by atoms with van der Waals surface area (Å²) in [6.45, 7) is 0. The molecular formula is C15H14N2O5. The van der Waals surface area contributed by atoms with Gasteiger partial charge in [0.2, 0.25) is 0 Å². The van der Waals surface area contributed by atoms with E-state index < -0.39 is 17.9 Å². The Morgan fingerprint density at radius 3 is 2.41 bits per heavy atom. The van der Waals surface area contributed by atoms with E-state index in [9.17, 15) is 24.9 Å². The van der Waals surface area contributed by atoms with Gasteiger partial charge < -0.3 is 20.6 Å². The van der Waals surface area contributed by atoms with Crippen molar-refractivity contribution in [2.75, 3.05) is 0 Å². The van der Waals surface area contributed by atoms with E-state index in [2.05, 4.69) is 10.3 Å². The molecule has 114 valence electrons. The van der Waals surface area contributed by atoms with Gasteiger partial charge in [-0.15, -0.1) is 0 Å². The number of pyridine rings is 1. The molecule has 0 radical (unpaired) electrons. The zero-order valence-corrected chi connectivity index (χ0v) is 11.4. The molecule has 1 unspecified atom stereocenters. The fourth-order valence-corrected chi connectivity index (χ4v) is 1.87. The fourth-order valence-electron chi connectivity index (χ4n) is 1.87. The summed E-state index contributed by atoms with van der Waals surface area (Å²) in [6.07, 6.45) is 1.36. The number of carboxylic acids is 1. The Labute approximate surface area is 125 Å². The maximum Gasteiger partial charge on any atom is 0.326 e. The zero-order valence-electron chi connectivity index (χ0n) is 11.4. The van der Waals surface area contributed by atoms with Crippen molar-refractivity contribution >= 4 is 11.9 Å². The third-order valence-corrected chi connectivity index (χ3v) is 2.98. The van der Waals surface area contributed by atoms with Gasteiger partial charge in [-0.2, -0.15) is 0 Å². The van der Waals surface area contributed by atoms with Crippen LogP contribution in [0, 0.1) is 0 Å². The van der Waals surface area contributed by atoms with Crippen LogP contribution >= 0.6 is 0 Å². The van der Waals surface area contributed by atoms with Crippen molar-refractivity contribution in [3.05, 3.63) is 53.9 Å². The molecule has 2 rings (SSSR count). The molecular weight excluding hydrogens is 288 g/mol. The van der Waals surface area contributed by atoms with Gasteiger partial charge in [-0.1, -0.05) is 12.1 Å². The lowest BCUT2D eigenvalue weighted by atomic mass is 10.1. The number of hydrogen-bond acceptors (Lipinski definition) is 5. The molecule has 0 saturated heterocycles. The van der Waals surface area contributed by atoms with Crippen LogP contribution in [-0.4, -0.2) is 38.2 Å². The largest absolute Gasteiger partial charge is 0.508 e. The first kappa shape index (κ1) is 15.3. The number of benzene rings is 1. The second-order valence-corrected chi connectivity index (χ2v) is 4.61. The number of phenolic OH excluding ortho intramolecular Hbond substituents is 1. The zero-order chi connectivity index (χ0) is 16.1. The topological polar surface area (TPSA) is 120 Å². The minimum atomic E-state index is -1.21. The number of aromatic nitrogens is 1. The molecule has 0 aliphatic heterocycles. The quantitative estimate of drug-likeness (QED) is 0.652. The maximum atomic E-state index is 12.0. The predicted molar refractivity (Wildman–Crippen MR) is 76.6 cm³/mol. The highest BCUT2D eigenvalue weighted by molar-refractivity contribution is 5.97. The van der Waals surface area contributed by atoms with Crippen molar-refractivity contribution in [1.29, 1.82) is 0 Å². The molecule has 22 heavy (non-hydrogen) atoms. The number of nitrogens with one attached hydrogen (secondary N) is 1. The van der Waals surface area contributed by atoms with Crippen molar-refractivity contribution in [2.45, 2.75) is 12.5 Å². The lowest BCUT2D eigenvalue weighted by Gasteiger charge is -2.14. The second kappa shape index (κ2) is 6.57. The molecule has 1 aromatic carbocycles. The fraction of sp³-hybridized carbons (Fsp3) is 0.133. The van der Waals surface area contributed by atoms with Gasteiger partial charge in [0.1, 0.15) is 17.5 Å². The van der Waals surface area contributed by atoms with E-state index in [1.165, 1.54) is 30.5 Å². The second-order valence-electron chi connectivity index (χ2n) is 4.61. The minimum Gasteiger partial charge on any atom is -0.508 e. The van der Waals surface area contributed by atoms with Gasteiger partial charge in [0, 0.05) is 12.6 Å². The third kappa shape index (κ3) is 3.72. The number of phenols is 1. The summed E-state index contributed by atoms with van der Waals surface area (Å²) >= 11 is 0. The molecule has 4 N–H and O–H groups in total. The molecule has 0 aliphatic carbocycles. The van der Waals surface area contributed by atoms with Gasteiger partial charge in [0.15, 0.2) is 5.69 Å². The van der Waals surface area contributed by atoms with Crippen LogP contribution in [0.15, 0.2) is 42.6 Å². The standard InChI is InChI=1S/C15H14N2O5/c18-10-5-3-9(4-6-10)8-11(15(21)22)17-14(20)13-12(19)2-1-7-16-13/h1-7,11,18-19H,8H2,(H,17,20)(H,21,22). The Bertz CT molecular complexity index is 685. The van der Waals surface area contributed by atoms with E-state index in [1.807, 2.05) is 0 Å². The van der Waals surface area contributed by atoms with E-state index in [0.29, 0.717) is 5.56 Å². The first-order valence-corrected chi connectivity index (χ1v) is 6.43. The van der Waals surface area contributed by atoms with Crippen LogP contribution in [0.1, 0.15) is 16.1 Å². The summed E-state index contributed by atoms with van der Waals surface area (Å²) in [5, 5.41) is 30.3. The third-order valence-electron chi connectivity index (χ3n) is 2.98. The van der Waals surface area contributed by atoms with Gasteiger partial charge >= 0.3 is 5.97 Å². The number of nitrogens with zero attached hydrogens (tertiary/aromatic N) is 1. The molecule has 7 heteroatoms. The van der Waals surface area contributed by atoms with Gasteiger partial charge in [0.25, 0.3) is 5.91 Å². The summed E-state index contributed by atoms with van der Waals surface area (Å²) in [4.78, 5) is 27.0. The number of carboxylic acid groups (broad SMARTS) is 1. The van der Waals surface area contributed by atoms with Crippen molar-refractivity contribution in [3.63, 3.8) is 0 Å². The molecule has 0 bridgehead atoms. The van der Waals surface area contributed by atoms with Gasteiger partial charge in [0.05, 0.1) is 0 Å². The lowest BCUT2D eigenvalue weighted by molar-refractivity contribution is -0.139. The van der Waals surface area contributed by atoms with E-state index in [4.69, 9.17) is 0 Å². The van der Waals surface area contributed by atoms with Crippen LogP contribution in [0.3, 0.4) is 0 Å². The molecule has 1 heterocycles. The molecule has 2 aromatic rings. The highest BCUT2D eigenvalue weighted by Gasteiger charge is 2.23. The van der Waals surface area contributed by atoms with E-state index >= 15 is 0 Å².